The first-order valence-electron chi connectivity index (χ1n) is 7.74. The van der Waals surface area contributed by atoms with E-state index in [0.717, 1.165) is 24.9 Å². The molecule has 4 rings (SSSR count). The Balaban J connectivity index is 1.31. The molecule has 2 atom stereocenters. The Labute approximate surface area is 130 Å². The number of likely N-dealkylation sites (tertiary alicyclic amines) is 2. The number of hydrogen-bond acceptors (Lipinski definition) is 4. The standard InChI is InChI=1S/C17H21N3S/c1-2-6-18-16(4-1)12-19-8-14-10-20(11-15(14)9-19)13-17-5-3-7-21-17/h1-7,14-15H,8-13H2/t14-,15-/m0/s1. The summed E-state index contributed by atoms with van der Waals surface area (Å²) in [5, 5.41) is 2.18. The second-order valence-electron chi connectivity index (χ2n) is 6.31. The SMILES string of the molecule is c1ccc(CN2C[C@H]3CN(Cc4cccs4)C[C@@H]3C2)nc1. The molecule has 2 aromatic heterocycles. The average Bonchev–Trinajstić information content (AvgIpc) is 3.17. The number of hydrogen-bond donors (Lipinski definition) is 0. The fourth-order valence-corrected chi connectivity index (χ4v) is 4.54. The van der Waals surface area contributed by atoms with Gasteiger partial charge in [0.25, 0.3) is 0 Å². The zero-order valence-corrected chi connectivity index (χ0v) is 13.0. The summed E-state index contributed by atoms with van der Waals surface area (Å²) >= 11 is 1.88. The lowest BCUT2D eigenvalue weighted by Crippen LogP contribution is -2.28. The Morgan fingerprint density at radius 2 is 1.71 bits per heavy atom. The van der Waals surface area contributed by atoms with Gasteiger partial charge in [0.2, 0.25) is 0 Å². The van der Waals surface area contributed by atoms with Crippen molar-refractivity contribution in [3.05, 3.63) is 52.5 Å². The van der Waals surface area contributed by atoms with E-state index in [-0.39, 0.29) is 0 Å². The second kappa shape index (κ2) is 5.87. The minimum absolute atomic E-state index is 0.855. The van der Waals surface area contributed by atoms with E-state index in [4.69, 9.17) is 0 Å². The van der Waals surface area contributed by atoms with Gasteiger partial charge in [0, 0.05) is 50.3 Å². The van der Waals surface area contributed by atoms with Gasteiger partial charge in [0.15, 0.2) is 0 Å². The number of aromatic nitrogens is 1. The van der Waals surface area contributed by atoms with Crippen LogP contribution >= 0.6 is 11.3 Å². The molecule has 0 aliphatic carbocycles. The molecule has 0 saturated carbocycles. The van der Waals surface area contributed by atoms with Crippen molar-refractivity contribution in [2.45, 2.75) is 13.1 Å². The molecule has 0 amide bonds. The molecule has 0 radical (unpaired) electrons. The van der Waals surface area contributed by atoms with Crippen LogP contribution in [-0.4, -0.2) is 41.0 Å². The van der Waals surface area contributed by atoms with Crippen molar-refractivity contribution in [1.82, 2.24) is 14.8 Å². The van der Waals surface area contributed by atoms with Gasteiger partial charge in [-0.25, -0.2) is 0 Å². The number of nitrogens with zero attached hydrogens (tertiary/aromatic N) is 3. The van der Waals surface area contributed by atoms with Crippen molar-refractivity contribution in [3.63, 3.8) is 0 Å². The minimum Gasteiger partial charge on any atom is -0.298 e. The first-order valence-corrected chi connectivity index (χ1v) is 8.62. The fourth-order valence-electron chi connectivity index (χ4n) is 3.79. The Hall–Kier alpha value is -1.23. The maximum Gasteiger partial charge on any atom is 0.0543 e. The summed E-state index contributed by atoms with van der Waals surface area (Å²) < 4.78 is 0. The normalized spacial score (nSPS) is 26.3. The van der Waals surface area contributed by atoms with Gasteiger partial charge in [0.1, 0.15) is 0 Å². The lowest BCUT2D eigenvalue weighted by Gasteiger charge is -2.20. The molecule has 0 N–H and O–H groups in total. The quantitative estimate of drug-likeness (QED) is 0.865. The highest BCUT2D eigenvalue weighted by Crippen LogP contribution is 2.32. The third kappa shape index (κ3) is 3.03. The van der Waals surface area contributed by atoms with Gasteiger partial charge < -0.3 is 0 Å². The zero-order chi connectivity index (χ0) is 14.1. The molecule has 0 bridgehead atoms. The molecule has 0 spiro atoms. The third-order valence-electron chi connectivity index (χ3n) is 4.71. The van der Waals surface area contributed by atoms with Crippen molar-refractivity contribution < 1.29 is 0 Å². The molecule has 0 aromatic carbocycles. The van der Waals surface area contributed by atoms with E-state index in [0.29, 0.717) is 0 Å². The van der Waals surface area contributed by atoms with Crippen molar-refractivity contribution in [3.8, 4) is 0 Å². The molecule has 2 fully saturated rings. The predicted molar refractivity (Wildman–Crippen MR) is 86.1 cm³/mol. The van der Waals surface area contributed by atoms with E-state index in [1.54, 1.807) is 0 Å². The highest BCUT2D eigenvalue weighted by molar-refractivity contribution is 7.09. The van der Waals surface area contributed by atoms with E-state index in [2.05, 4.69) is 44.4 Å². The van der Waals surface area contributed by atoms with E-state index in [1.165, 1.54) is 36.8 Å². The van der Waals surface area contributed by atoms with Crippen molar-refractivity contribution in [2.75, 3.05) is 26.2 Å². The smallest absolute Gasteiger partial charge is 0.0543 e. The summed E-state index contributed by atoms with van der Waals surface area (Å²) in [7, 11) is 0. The number of rotatable bonds is 4. The van der Waals surface area contributed by atoms with Gasteiger partial charge in [-0.1, -0.05) is 12.1 Å². The van der Waals surface area contributed by atoms with Crippen LogP contribution in [0.1, 0.15) is 10.6 Å². The molecule has 0 unspecified atom stereocenters. The summed E-state index contributed by atoms with van der Waals surface area (Å²) in [5.74, 6) is 1.71. The highest BCUT2D eigenvalue weighted by atomic mass is 32.1. The van der Waals surface area contributed by atoms with Crippen molar-refractivity contribution in [2.24, 2.45) is 11.8 Å². The molecular formula is C17H21N3S. The van der Waals surface area contributed by atoms with E-state index >= 15 is 0 Å². The molecule has 2 aliphatic heterocycles. The third-order valence-corrected chi connectivity index (χ3v) is 5.57. The van der Waals surface area contributed by atoms with E-state index in [1.807, 2.05) is 23.6 Å². The number of fused-ring (bicyclic) bond motifs is 1. The summed E-state index contributed by atoms with van der Waals surface area (Å²) in [6.07, 6.45) is 1.90. The Morgan fingerprint density at radius 1 is 0.952 bits per heavy atom. The molecule has 2 aromatic rings. The molecule has 2 aliphatic rings. The highest BCUT2D eigenvalue weighted by Gasteiger charge is 2.39. The molecule has 2 saturated heterocycles. The van der Waals surface area contributed by atoms with Gasteiger partial charge in [-0.15, -0.1) is 11.3 Å². The van der Waals surface area contributed by atoms with Crippen LogP contribution in [0.15, 0.2) is 41.9 Å². The van der Waals surface area contributed by atoms with E-state index in [9.17, 15) is 0 Å². The van der Waals surface area contributed by atoms with Crippen LogP contribution < -0.4 is 0 Å². The monoisotopic (exact) mass is 299 g/mol. The molecule has 3 nitrogen and oxygen atoms in total. The lowest BCUT2D eigenvalue weighted by molar-refractivity contribution is 0.246. The minimum atomic E-state index is 0.855. The predicted octanol–water partition coefficient (Wildman–Crippen LogP) is 2.71. The van der Waals surface area contributed by atoms with Crippen molar-refractivity contribution >= 4 is 11.3 Å². The first kappa shape index (κ1) is 13.4. The summed E-state index contributed by atoms with van der Waals surface area (Å²) in [6.45, 7) is 7.16. The maximum atomic E-state index is 4.45. The van der Waals surface area contributed by atoms with Gasteiger partial charge in [-0.3, -0.25) is 14.8 Å². The van der Waals surface area contributed by atoms with Crippen LogP contribution in [0.4, 0.5) is 0 Å². The molecule has 110 valence electrons. The Bertz CT molecular complexity index is 555. The van der Waals surface area contributed by atoms with Crippen LogP contribution in [0.5, 0.6) is 0 Å². The summed E-state index contributed by atoms with van der Waals surface area (Å²) in [5.41, 5.74) is 1.20. The van der Waals surface area contributed by atoms with Crippen LogP contribution in [0.3, 0.4) is 0 Å². The largest absolute Gasteiger partial charge is 0.298 e. The molecule has 4 heterocycles. The molecular weight excluding hydrogens is 278 g/mol. The lowest BCUT2D eigenvalue weighted by atomic mass is 10.0. The summed E-state index contributed by atoms with van der Waals surface area (Å²) in [6, 6.07) is 10.6. The number of pyridine rings is 1. The van der Waals surface area contributed by atoms with Gasteiger partial charge in [-0.05, 0) is 35.4 Å². The van der Waals surface area contributed by atoms with Crippen molar-refractivity contribution in [1.29, 1.82) is 0 Å². The van der Waals surface area contributed by atoms with Gasteiger partial charge in [0.05, 0.1) is 5.69 Å². The maximum absolute atomic E-state index is 4.45. The average molecular weight is 299 g/mol. The Kier molecular flexibility index (Phi) is 3.76. The van der Waals surface area contributed by atoms with Gasteiger partial charge in [-0.2, -0.15) is 0 Å². The van der Waals surface area contributed by atoms with Crippen LogP contribution in [0.2, 0.25) is 0 Å². The zero-order valence-electron chi connectivity index (χ0n) is 12.2. The van der Waals surface area contributed by atoms with Crippen LogP contribution in [0, 0.1) is 11.8 Å². The second-order valence-corrected chi connectivity index (χ2v) is 7.34. The van der Waals surface area contributed by atoms with Gasteiger partial charge >= 0.3 is 0 Å². The Morgan fingerprint density at radius 3 is 2.33 bits per heavy atom. The first-order chi connectivity index (χ1) is 10.4. The van der Waals surface area contributed by atoms with Crippen LogP contribution in [-0.2, 0) is 13.1 Å². The fraction of sp³-hybridized carbons (Fsp3) is 0.471. The molecule has 21 heavy (non-hydrogen) atoms. The topological polar surface area (TPSA) is 19.4 Å². The molecule has 4 heteroatoms. The van der Waals surface area contributed by atoms with Crippen LogP contribution in [0.25, 0.3) is 0 Å². The number of thiophene rings is 1. The summed E-state index contributed by atoms with van der Waals surface area (Å²) in [4.78, 5) is 11.2. The van der Waals surface area contributed by atoms with E-state index < -0.39 is 0 Å².